The fraction of sp³-hybridized carbons (Fsp3) is 0.615. The maximum absolute atomic E-state index is 13.4. The van der Waals surface area contributed by atoms with Crippen LogP contribution in [0.1, 0.15) is 92.6 Å². The molecule has 12 heteroatoms. The van der Waals surface area contributed by atoms with Gasteiger partial charge in [-0.15, -0.1) is 0 Å². The van der Waals surface area contributed by atoms with E-state index in [1.807, 2.05) is 43.5 Å². The predicted octanol–water partition coefficient (Wildman–Crippen LogP) is 6.94. The maximum Gasteiger partial charge on any atom is 0.326 e. The Hall–Kier alpha value is -2.93. The number of benzene rings is 2. The van der Waals surface area contributed by atoms with Crippen LogP contribution < -0.4 is 5.32 Å². The van der Waals surface area contributed by atoms with Crippen LogP contribution in [0.3, 0.4) is 0 Å². The number of sulfone groups is 1. The van der Waals surface area contributed by atoms with Crippen molar-refractivity contribution in [2.24, 2.45) is 11.8 Å². The molecule has 1 saturated carbocycles. The van der Waals surface area contributed by atoms with Crippen LogP contribution in [0.15, 0.2) is 42.5 Å². The number of aliphatic carboxylic acids is 2. The van der Waals surface area contributed by atoms with Crippen LogP contribution in [-0.2, 0) is 30.7 Å². The van der Waals surface area contributed by atoms with Crippen LogP contribution in [0.2, 0.25) is 0 Å². The molecule has 51 heavy (non-hydrogen) atoms. The Morgan fingerprint density at radius 1 is 0.961 bits per heavy atom. The summed E-state index contributed by atoms with van der Waals surface area (Å²) in [5, 5.41) is 20.6. The van der Waals surface area contributed by atoms with Crippen molar-refractivity contribution in [2.45, 2.75) is 96.7 Å². The van der Waals surface area contributed by atoms with Crippen molar-refractivity contribution in [2.75, 3.05) is 44.8 Å². The van der Waals surface area contributed by atoms with Crippen molar-refractivity contribution >= 4 is 39.4 Å². The van der Waals surface area contributed by atoms with Gasteiger partial charge in [0.05, 0.1) is 11.7 Å². The number of thioether (sulfide) groups is 1. The Morgan fingerprint density at radius 3 is 2.22 bits per heavy atom. The van der Waals surface area contributed by atoms with Crippen LogP contribution >= 0.6 is 11.8 Å². The zero-order valence-electron chi connectivity index (χ0n) is 31.4. The van der Waals surface area contributed by atoms with E-state index in [0.29, 0.717) is 11.6 Å². The third-order valence-electron chi connectivity index (χ3n) is 9.54. The number of ether oxygens (including phenoxy) is 1. The van der Waals surface area contributed by atoms with Gasteiger partial charge in [-0.3, -0.25) is 14.5 Å². The van der Waals surface area contributed by atoms with E-state index in [9.17, 15) is 27.9 Å². The highest BCUT2D eigenvalue weighted by atomic mass is 32.2. The van der Waals surface area contributed by atoms with Crippen molar-refractivity contribution < 1.29 is 37.8 Å². The highest BCUT2D eigenvalue weighted by Crippen LogP contribution is 2.34. The molecule has 2 fully saturated rings. The first-order valence-electron chi connectivity index (χ1n) is 18.0. The number of methoxy groups -OCH3 is 1. The number of carboxylic acids is 2. The summed E-state index contributed by atoms with van der Waals surface area (Å²) in [4.78, 5) is 38.0. The number of rotatable bonds is 15. The van der Waals surface area contributed by atoms with Crippen molar-refractivity contribution in [3.63, 3.8) is 0 Å². The summed E-state index contributed by atoms with van der Waals surface area (Å²) in [6, 6.07) is 13.0. The molecular formula is C39H60N2O8S2. The van der Waals surface area contributed by atoms with E-state index in [4.69, 9.17) is 5.11 Å². The molecule has 3 N–H and O–H groups in total. The van der Waals surface area contributed by atoms with Gasteiger partial charge in [-0.2, -0.15) is 11.8 Å². The van der Waals surface area contributed by atoms with E-state index in [2.05, 4.69) is 21.0 Å². The fourth-order valence-electron chi connectivity index (χ4n) is 6.64. The zero-order valence-corrected chi connectivity index (χ0v) is 33.0. The summed E-state index contributed by atoms with van der Waals surface area (Å²) < 4.78 is 27.4. The topological polar surface area (TPSA) is 150 Å². The van der Waals surface area contributed by atoms with Gasteiger partial charge in [0.1, 0.15) is 15.9 Å². The van der Waals surface area contributed by atoms with Crippen molar-refractivity contribution in [1.82, 2.24) is 10.2 Å². The third kappa shape index (κ3) is 16.1. The van der Waals surface area contributed by atoms with Gasteiger partial charge in [0.15, 0.2) is 0 Å². The lowest BCUT2D eigenvalue weighted by atomic mass is 9.84. The predicted molar refractivity (Wildman–Crippen MR) is 207 cm³/mol. The van der Waals surface area contributed by atoms with Gasteiger partial charge >= 0.3 is 11.9 Å². The molecule has 1 aliphatic carbocycles. The summed E-state index contributed by atoms with van der Waals surface area (Å²) in [5.74, 6) is -1.18. The average Bonchev–Trinajstić information content (AvgIpc) is 3.51. The molecular weight excluding hydrogens is 689 g/mol. The van der Waals surface area contributed by atoms with Gasteiger partial charge in [-0.25, -0.2) is 13.2 Å². The van der Waals surface area contributed by atoms with Crippen LogP contribution in [0.5, 0.6) is 0 Å². The Bertz CT molecular complexity index is 1490. The van der Waals surface area contributed by atoms with Gasteiger partial charge in [0, 0.05) is 38.6 Å². The molecule has 10 nitrogen and oxygen atoms in total. The van der Waals surface area contributed by atoms with E-state index in [1.54, 1.807) is 39.0 Å². The number of nitrogens with one attached hydrogen (secondary N) is 1. The molecule has 3 atom stereocenters. The lowest BCUT2D eigenvalue weighted by Crippen LogP contribution is -2.42. The second-order valence-electron chi connectivity index (χ2n) is 13.9. The molecule has 0 radical (unpaired) electrons. The number of amides is 1. The molecule has 2 aromatic rings. The fourth-order valence-corrected chi connectivity index (χ4v) is 7.89. The second kappa shape index (κ2) is 22.9. The van der Waals surface area contributed by atoms with Gasteiger partial charge < -0.3 is 20.3 Å². The number of carboxylic acid groups (broad SMARTS) is 2. The van der Waals surface area contributed by atoms with Crippen molar-refractivity contribution in [3.8, 4) is 11.1 Å². The van der Waals surface area contributed by atoms with Crippen LogP contribution in [0, 0.1) is 18.8 Å². The number of carbonyl (C=O) groups is 3. The Balaban J connectivity index is 0.000000647. The maximum atomic E-state index is 13.4. The van der Waals surface area contributed by atoms with Crippen molar-refractivity contribution in [3.05, 3.63) is 59.2 Å². The van der Waals surface area contributed by atoms with Gasteiger partial charge in [0.25, 0.3) is 5.91 Å². The van der Waals surface area contributed by atoms with Gasteiger partial charge in [-0.1, -0.05) is 69.4 Å². The minimum absolute atomic E-state index is 0.183. The van der Waals surface area contributed by atoms with E-state index in [0.717, 1.165) is 59.7 Å². The quantitative estimate of drug-likeness (QED) is 0.175. The second-order valence-corrected chi connectivity index (χ2v) is 17.2. The first-order valence-corrected chi connectivity index (χ1v) is 21.4. The van der Waals surface area contributed by atoms with Crippen LogP contribution in [0.25, 0.3) is 11.1 Å². The van der Waals surface area contributed by atoms with E-state index >= 15 is 0 Å². The summed E-state index contributed by atoms with van der Waals surface area (Å²) in [6.07, 6.45) is 14.2. The lowest BCUT2D eigenvalue weighted by molar-refractivity contribution is -0.141. The number of hydrogen-bond acceptors (Lipinski definition) is 8. The highest BCUT2D eigenvalue weighted by molar-refractivity contribution is 7.98. The van der Waals surface area contributed by atoms with Gasteiger partial charge in [-0.05, 0) is 97.9 Å². The first kappa shape index (κ1) is 44.2. The molecule has 0 bridgehead atoms. The van der Waals surface area contributed by atoms with Crippen molar-refractivity contribution in [1.29, 1.82) is 0 Å². The molecule has 4 rings (SSSR count). The largest absolute Gasteiger partial charge is 0.481 e. The SMILES string of the molecule is COC.CSCCC(C)C(=O)O.Cc1ccccc1-c1cc(CN2CCCC2CC2CCCCC2)ccc1C(=O)NC(CCS(C)(=O)=O)C(=O)O. The first-order chi connectivity index (χ1) is 24.2. The molecule has 1 amide bonds. The van der Waals surface area contributed by atoms with E-state index in [1.165, 1.54) is 51.4 Å². The molecule has 1 heterocycles. The molecule has 0 spiro atoms. The number of likely N-dealkylation sites (tertiary alicyclic amines) is 1. The summed E-state index contributed by atoms with van der Waals surface area (Å²) >= 11 is 1.68. The number of carbonyl (C=O) groups excluding carboxylic acids is 1. The van der Waals surface area contributed by atoms with Gasteiger partial charge in [0.2, 0.25) is 0 Å². The Labute approximate surface area is 310 Å². The minimum Gasteiger partial charge on any atom is -0.481 e. The molecule has 286 valence electrons. The Morgan fingerprint density at radius 2 is 1.63 bits per heavy atom. The standard InChI is InChI=1S/C31H42N2O5S.C6H12O2S.C2H6O/c1-22-9-6-7-13-26(22)28-20-24(21-33-17-8-12-25(33)19-23-10-4-3-5-11-23)14-15-27(28)30(34)32-29(31(35)36)16-18-39(2,37)38;1-5(6(7)8)3-4-9-2;1-3-2/h6-7,9,13-15,20,23,25,29H,3-5,8,10-12,16-19,21H2,1-2H3,(H,32,34)(H,35,36);5H,3-4H2,1-2H3,(H,7,8);1-2H3. The molecule has 2 aliphatic rings. The van der Waals surface area contributed by atoms with E-state index in [-0.39, 0.29) is 18.1 Å². The van der Waals surface area contributed by atoms with Crippen LogP contribution in [-0.4, -0.2) is 98.2 Å². The summed E-state index contributed by atoms with van der Waals surface area (Å²) in [7, 11) is -0.111. The highest BCUT2D eigenvalue weighted by Gasteiger charge is 2.29. The molecule has 2 aromatic carbocycles. The van der Waals surface area contributed by atoms with Crippen LogP contribution in [0.4, 0.5) is 0 Å². The molecule has 3 unspecified atom stereocenters. The summed E-state index contributed by atoms with van der Waals surface area (Å²) in [5.41, 5.74) is 4.23. The number of nitrogens with zero attached hydrogens (tertiary/aromatic N) is 1. The average molecular weight is 749 g/mol. The third-order valence-corrected chi connectivity index (χ3v) is 11.2. The number of hydrogen-bond donors (Lipinski definition) is 3. The van der Waals surface area contributed by atoms with E-state index < -0.39 is 33.7 Å². The Kier molecular flexibility index (Phi) is 19.8. The molecule has 1 saturated heterocycles. The molecule has 0 aromatic heterocycles. The number of aryl methyl sites for hydroxylation is 1. The summed E-state index contributed by atoms with van der Waals surface area (Å²) in [6.45, 7) is 5.64. The smallest absolute Gasteiger partial charge is 0.326 e. The molecule has 1 aliphatic heterocycles. The minimum atomic E-state index is -3.36. The normalized spacial score (nSPS) is 17.6. The lowest BCUT2D eigenvalue weighted by Gasteiger charge is -2.30. The zero-order chi connectivity index (χ0) is 38.0. The monoisotopic (exact) mass is 748 g/mol.